The van der Waals surface area contributed by atoms with Crippen LogP contribution in [0.3, 0.4) is 0 Å². The van der Waals surface area contributed by atoms with E-state index in [1.807, 2.05) is 13.0 Å². The monoisotopic (exact) mass is 293 g/mol. The van der Waals surface area contributed by atoms with Crippen LogP contribution in [0.25, 0.3) is 0 Å². The van der Waals surface area contributed by atoms with Crippen molar-refractivity contribution in [1.82, 2.24) is 0 Å². The molecule has 0 saturated heterocycles. The Labute approximate surface area is 121 Å². The lowest BCUT2D eigenvalue weighted by Gasteiger charge is -2.08. The zero-order valence-electron chi connectivity index (χ0n) is 10.8. The maximum absolute atomic E-state index is 13.2. The zero-order valence-corrected chi connectivity index (χ0v) is 11.6. The number of anilines is 1. The van der Waals surface area contributed by atoms with E-state index < -0.39 is 11.8 Å². The summed E-state index contributed by atoms with van der Waals surface area (Å²) >= 11 is 6.04. The molecular weight excluding hydrogens is 281 g/mol. The normalized spacial score (nSPS) is 10.3. The minimum Gasteiger partial charge on any atom is -0.457 e. The Balaban J connectivity index is 2.08. The molecule has 5 heteroatoms. The van der Waals surface area contributed by atoms with E-state index >= 15 is 0 Å². The van der Waals surface area contributed by atoms with Crippen LogP contribution in [0.15, 0.2) is 36.4 Å². The molecule has 0 aliphatic carbocycles. The van der Waals surface area contributed by atoms with E-state index in [1.54, 1.807) is 12.1 Å². The molecule has 0 heterocycles. The van der Waals surface area contributed by atoms with E-state index in [9.17, 15) is 9.18 Å². The summed E-state index contributed by atoms with van der Waals surface area (Å²) in [5, 5.41) is 0.525. The summed E-state index contributed by atoms with van der Waals surface area (Å²) in [6.07, 6.45) is 0. The fourth-order valence-corrected chi connectivity index (χ4v) is 2.02. The fraction of sp³-hybridized carbons (Fsp3) is 0.133. The highest BCUT2D eigenvalue weighted by Crippen LogP contribution is 2.19. The van der Waals surface area contributed by atoms with Crippen molar-refractivity contribution < 1.29 is 13.9 Å². The van der Waals surface area contributed by atoms with Gasteiger partial charge in [0.25, 0.3) is 0 Å². The molecule has 0 fully saturated rings. The van der Waals surface area contributed by atoms with Gasteiger partial charge in [-0.15, -0.1) is 0 Å². The summed E-state index contributed by atoms with van der Waals surface area (Å²) < 4.78 is 18.3. The van der Waals surface area contributed by atoms with Gasteiger partial charge in [-0.1, -0.05) is 23.7 Å². The average Bonchev–Trinajstić information content (AvgIpc) is 2.36. The maximum Gasteiger partial charge on any atom is 0.338 e. The quantitative estimate of drug-likeness (QED) is 0.693. The van der Waals surface area contributed by atoms with E-state index in [1.165, 1.54) is 6.07 Å². The van der Waals surface area contributed by atoms with E-state index in [2.05, 4.69) is 0 Å². The predicted octanol–water partition coefficient (Wildman–Crippen LogP) is 3.73. The van der Waals surface area contributed by atoms with Gasteiger partial charge in [-0.05, 0) is 36.8 Å². The number of nitrogen functional groups attached to an aromatic ring is 1. The molecule has 104 valence electrons. The molecule has 0 saturated carbocycles. The lowest BCUT2D eigenvalue weighted by molar-refractivity contribution is 0.0472. The van der Waals surface area contributed by atoms with Crippen LogP contribution in [0.4, 0.5) is 10.1 Å². The molecule has 2 aromatic rings. The third kappa shape index (κ3) is 3.48. The number of rotatable bonds is 3. The third-order valence-corrected chi connectivity index (χ3v) is 3.07. The summed E-state index contributed by atoms with van der Waals surface area (Å²) in [6, 6.07) is 9.01. The summed E-state index contributed by atoms with van der Waals surface area (Å²) in [6.45, 7) is 1.94. The first kappa shape index (κ1) is 14.3. The molecule has 0 atom stereocenters. The average molecular weight is 294 g/mol. The third-order valence-electron chi connectivity index (χ3n) is 2.72. The van der Waals surface area contributed by atoms with E-state index in [0.717, 1.165) is 17.7 Å². The van der Waals surface area contributed by atoms with Gasteiger partial charge in [0.05, 0.1) is 5.56 Å². The maximum atomic E-state index is 13.2. The Hall–Kier alpha value is -2.07. The van der Waals surface area contributed by atoms with Crippen molar-refractivity contribution in [1.29, 1.82) is 0 Å². The molecular formula is C15H13ClFNO2. The molecule has 0 amide bonds. The van der Waals surface area contributed by atoms with Crippen molar-refractivity contribution in [3.8, 4) is 0 Å². The lowest BCUT2D eigenvalue weighted by atomic mass is 10.1. The second kappa shape index (κ2) is 5.92. The Kier molecular flexibility index (Phi) is 4.25. The number of hydrogen-bond acceptors (Lipinski definition) is 3. The van der Waals surface area contributed by atoms with Gasteiger partial charge in [0.15, 0.2) is 0 Å². The second-order valence-electron chi connectivity index (χ2n) is 4.44. The summed E-state index contributed by atoms with van der Waals surface area (Å²) in [7, 11) is 0. The minimum atomic E-state index is -0.646. The topological polar surface area (TPSA) is 52.3 Å². The Morgan fingerprint density at radius 3 is 2.70 bits per heavy atom. The molecule has 0 aromatic heterocycles. The smallest absolute Gasteiger partial charge is 0.338 e. The van der Waals surface area contributed by atoms with Gasteiger partial charge < -0.3 is 10.5 Å². The van der Waals surface area contributed by atoms with Crippen molar-refractivity contribution >= 4 is 23.3 Å². The molecule has 0 bridgehead atoms. The highest BCUT2D eigenvalue weighted by atomic mass is 35.5. The molecule has 0 spiro atoms. The number of nitrogens with two attached hydrogens (primary N) is 1. The largest absolute Gasteiger partial charge is 0.457 e. The van der Waals surface area contributed by atoms with Crippen LogP contribution in [-0.4, -0.2) is 5.97 Å². The second-order valence-corrected chi connectivity index (χ2v) is 4.85. The summed E-state index contributed by atoms with van der Waals surface area (Å²) in [4.78, 5) is 11.8. The Morgan fingerprint density at radius 2 is 2.05 bits per heavy atom. The van der Waals surface area contributed by atoms with Gasteiger partial charge in [0.1, 0.15) is 12.4 Å². The molecule has 0 aliphatic heterocycles. The van der Waals surface area contributed by atoms with Crippen LogP contribution in [0.5, 0.6) is 0 Å². The van der Waals surface area contributed by atoms with Gasteiger partial charge in [-0.25, -0.2) is 9.18 Å². The first-order valence-corrected chi connectivity index (χ1v) is 6.32. The first-order chi connectivity index (χ1) is 9.45. The van der Waals surface area contributed by atoms with Crippen molar-refractivity contribution in [3.63, 3.8) is 0 Å². The fourth-order valence-electron chi connectivity index (χ4n) is 1.73. The first-order valence-electron chi connectivity index (χ1n) is 5.94. The van der Waals surface area contributed by atoms with Crippen LogP contribution < -0.4 is 5.73 Å². The van der Waals surface area contributed by atoms with Crippen molar-refractivity contribution in [2.45, 2.75) is 13.5 Å². The van der Waals surface area contributed by atoms with Gasteiger partial charge in [0.2, 0.25) is 0 Å². The van der Waals surface area contributed by atoms with Crippen LogP contribution >= 0.6 is 11.6 Å². The number of esters is 1. The predicted molar refractivity (Wildman–Crippen MR) is 76.1 cm³/mol. The highest BCUT2D eigenvalue weighted by Gasteiger charge is 2.11. The summed E-state index contributed by atoms with van der Waals surface area (Å²) in [5.74, 6) is -1.22. The lowest BCUT2D eigenvalue weighted by Crippen LogP contribution is -2.06. The molecule has 2 N–H and O–H groups in total. The number of hydrogen-bond donors (Lipinski definition) is 1. The molecule has 2 aromatic carbocycles. The van der Waals surface area contributed by atoms with Crippen LogP contribution in [-0.2, 0) is 11.3 Å². The van der Waals surface area contributed by atoms with Crippen molar-refractivity contribution in [2.75, 3.05) is 5.73 Å². The molecule has 0 radical (unpaired) electrons. The van der Waals surface area contributed by atoms with Crippen molar-refractivity contribution in [2.24, 2.45) is 0 Å². The molecule has 3 nitrogen and oxygen atoms in total. The minimum absolute atomic E-state index is 0.0222. The van der Waals surface area contributed by atoms with Gasteiger partial charge in [-0.3, -0.25) is 0 Å². The van der Waals surface area contributed by atoms with Crippen LogP contribution in [0, 0.1) is 12.7 Å². The number of aryl methyl sites for hydroxylation is 1. The highest BCUT2D eigenvalue weighted by molar-refractivity contribution is 6.31. The molecule has 0 unspecified atom stereocenters. The van der Waals surface area contributed by atoms with E-state index in [4.69, 9.17) is 22.1 Å². The number of halogens is 2. The van der Waals surface area contributed by atoms with Crippen molar-refractivity contribution in [3.05, 3.63) is 63.9 Å². The van der Waals surface area contributed by atoms with Gasteiger partial charge >= 0.3 is 5.97 Å². The van der Waals surface area contributed by atoms with Crippen LogP contribution in [0.1, 0.15) is 21.5 Å². The van der Waals surface area contributed by atoms with Gasteiger partial charge in [-0.2, -0.15) is 0 Å². The van der Waals surface area contributed by atoms with E-state index in [-0.39, 0.29) is 17.9 Å². The summed E-state index contributed by atoms with van der Waals surface area (Å²) in [5.41, 5.74) is 7.43. The molecule has 2 rings (SSSR count). The van der Waals surface area contributed by atoms with Gasteiger partial charge in [0, 0.05) is 16.3 Å². The number of ether oxygens (including phenoxy) is 1. The number of carbonyl (C=O) groups is 1. The standard InChI is InChI=1S/C15H13ClFNO2/c1-9-2-3-10(14(16)4-9)8-20-15(19)11-5-12(17)7-13(18)6-11/h2-7H,8,18H2,1H3. The SMILES string of the molecule is Cc1ccc(COC(=O)c2cc(N)cc(F)c2)c(Cl)c1. The molecule has 0 aliphatic rings. The zero-order chi connectivity index (χ0) is 14.7. The molecule has 20 heavy (non-hydrogen) atoms. The van der Waals surface area contributed by atoms with E-state index in [0.29, 0.717) is 10.6 Å². The van der Waals surface area contributed by atoms with Crippen LogP contribution in [0.2, 0.25) is 5.02 Å². The number of benzene rings is 2. The number of carbonyl (C=O) groups excluding carboxylic acids is 1. The Bertz CT molecular complexity index is 638. The Morgan fingerprint density at radius 1 is 1.30 bits per heavy atom.